The minimum atomic E-state index is -3.49. The van der Waals surface area contributed by atoms with Crippen molar-refractivity contribution in [3.63, 3.8) is 0 Å². The van der Waals surface area contributed by atoms with E-state index in [2.05, 4.69) is 14.8 Å². The Kier molecular flexibility index (Phi) is 5.54. The van der Waals surface area contributed by atoms with Crippen molar-refractivity contribution < 1.29 is 22.7 Å². The van der Waals surface area contributed by atoms with E-state index < -0.39 is 16.0 Å². The Hall–Kier alpha value is -1.15. The summed E-state index contributed by atoms with van der Waals surface area (Å²) in [6, 6.07) is 0. The molecule has 104 valence electrons. The van der Waals surface area contributed by atoms with Gasteiger partial charge in [-0.3, -0.25) is 9.59 Å². The average molecular weight is 278 g/mol. The van der Waals surface area contributed by atoms with Crippen LogP contribution >= 0.6 is 0 Å². The highest BCUT2D eigenvalue weighted by Crippen LogP contribution is 2.28. The van der Waals surface area contributed by atoms with Gasteiger partial charge in [0.1, 0.15) is 0 Å². The molecule has 18 heavy (non-hydrogen) atoms. The van der Waals surface area contributed by atoms with E-state index in [0.717, 1.165) is 12.8 Å². The number of hydrogen-bond acceptors (Lipinski definition) is 5. The summed E-state index contributed by atoms with van der Waals surface area (Å²) in [4.78, 5) is 22.0. The van der Waals surface area contributed by atoms with Crippen molar-refractivity contribution in [2.24, 2.45) is 5.92 Å². The molecule has 0 aromatic rings. The number of ether oxygens (including phenoxy) is 1. The van der Waals surface area contributed by atoms with Gasteiger partial charge in [0, 0.05) is 19.0 Å². The fourth-order valence-corrected chi connectivity index (χ4v) is 2.27. The molecule has 0 radical (unpaired) electrons. The van der Waals surface area contributed by atoms with E-state index >= 15 is 0 Å². The van der Waals surface area contributed by atoms with Gasteiger partial charge in [-0.15, -0.1) is 0 Å². The van der Waals surface area contributed by atoms with Crippen molar-refractivity contribution >= 4 is 21.9 Å². The number of nitrogens with one attached hydrogen (secondary N) is 2. The second-order valence-electron chi connectivity index (χ2n) is 4.10. The van der Waals surface area contributed by atoms with Gasteiger partial charge in [-0.05, 0) is 12.8 Å². The maximum absolute atomic E-state index is 11.4. The molecule has 0 spiro atoms. The third-order valence-corrected chi connectivity index (χ3v) is 3.88. The first-order chi connectivity index (χ1) is 8.44. The standard InChI is InChI=1S/C10H18N2O5S/c1-17-9(13)4-7-18(15,16)12-6-5-11-10(14)8-2-3-8/h8,12H,2-7H2,1H3,(H,11,14). The van der Waals surface area contributed by atoms with Crippen molar-refractivity contribution in [2.45, 2.75) is 19.3 Å². The zero-order valence-corrected chi connectivity index (χ0v) is 11.1. The van der Waals surface area contributed by atoms with E-state index in [1.54, 1.807) is 0 Å². The highest BCUT2D eigenvalue weighted by molar-refractivity contribution is 7.89. The number of hydrogen-bond donors (Lipinski definition) is 2. The minimum absolute atomic E-state index is 0.0243. The van der Waals surface area contributed by atoms with Crippen LogP contribution in [0.2, 0.25) is 0 Å². The molecule has 1 fully saturated rings. The normalized spacial score (nSPS) is 15.2. The molecule has 0 atom stereocenters. The van der Waals surface area contributed by atoms with Gasteiger partial charge in [0.25, 0.3) is 0 Å². The Balaban J connectivity index is 2.12. The Morgan fingerprint density at radius 1 is 1.28 bits per heavy atom. The quantitative estimate of drug-likeness (QED) is 0.438. The molecular weight excluding hydrogens is 260 g/mol. The first-order valence-electron chi connectivity index (χ1n) is 5.76. The molecule has 2 N–H and O–H groups in total. The summed E-state index contributed by atoms with van der Waals surface area (Å²) in [5.41, 5.74) is 0. The monoisotopic (exact) mass is 278 g/mol. The van der Waals surface area contributed by atoms with Crippen LogP contribution in [0.3, 0.4) is 0 Å². The summed E-state index contributed by atoms with van der Waals surface area (Å²) in [5.74, 6) is -0.789. The van der Waals surface area contributed by atoms with E-state index in [-0.39, 0.29) is 37.1 Å². The van der Waals surface area contributed by atoms with Crippen molar-refractivity contribution in [1.82, 2.24) is 10.0 Å². The van der Waals surface area contributed by atoms with Crippen LogP contribution in [-0.2, 0) is 24.3 Å². The van der Waals surface area contributed by atoms with Crippen molar-refractivity contribution in [2.75, 3.05) is 26.0 Å². The molecule has 1 rings (SSSR count). The van der Waals surface area contributed by atoms with Gasteiger partial charge in [-0.25, -0.2) is 13.1 Å². The van der Waals surface area contributed by atoms with Gasteiger partial charge < -0.3 is 10.1 Å². The fourth-order valence-electron chi connectivity index (χ4n) is 1.27. The van der Waals surface area contributed by atoms with Crippen molar-refractivity contribution in [3.05, 3.63) is 0 Å². The molecule has 7 nitrogen and oxygen atoms in total. The Bertz CT molecular complexity index is 402. The van der Waals surface area contributed by atoms with Crippen LogP contribution in [0.1, 0.15) is 19.3 Å². The molecule has 1 aliphatic carbocycles. The largest absolute Gasteiger partial charge is 0.469 e. The number of rotatable bonds is 8. The topological polar surface area (TPSA) is 102 Å². The molecule has 1 aliphatic rings. The zero-order chi connectivity index (χ0) is 13.6. The number of carbonyl (C=O) groups is 2. The average Bonchev–Trinajstić information content (AvgIpc) is 3.15. The summed E-state index contributed by atoms with van der Waals surface area (Å²) in [6.07, 6.45) is 1.65. The van der Waals surface area contributed by atoms with E-state index in [1.807, 2.05) is 0 Å². The highest BCUT2D eigenvalue weighted by Gasteiger charge is 2.29. The van der Waals surface area contributed by atoms with Gasteiger partial charge in [-0.2, -0.15) is 0 Å². The summed E-state index contributed by atoms with van der Waals surface area (Å²) in [5, 5.41) is 2.64. The van der Waals surface area contributed by atoms with E-state index in [4.69, 9.17) is 0 Å². The highest BCUT2D eigenvalue weighted by atomic mass is 32.2. The molecule has 1 amide bonds. The van der Waals surface area contributed by atoms with Crippen LogP contribution < -0.4 is 10.0 Å². The van der Waals surface area contributed by atoms with Crippen LogP contribution in [0.15, 0.2) is 0 Å². The molecule has 8 heteroatoms. The number of esters is 1. The predicted octanol–water partition coefficient (Wildman–Crippen LogP) is -1.00. The summed E-state index contributed by atoms with van der Waals surface area (Å²) < 4.78 is 29.5. The molecule has 0 heterocycles. The fraction of sp³-hybridized carbons (Fsp3) is 0.800. The van der Waals surface area contributed by atoms with Gasteiger partial charge in [0.05, 0.1) is 19.3 Å². The molecule has 0 saturated heterocycles. The van der Waals surface area contributed by atoms with Crippen LogP contribution in [0.25, 0.3) is 0 Å². The third kappa shape index (κ3) is 5.97. The van der Waals surface area contributed by atoms with Crippen LogP contribution in [0.5, 0.6) is 0 Å². The molecule has 0 aliphatic heterocycles. The summed E-state index contributed by atoms with van der Waals surface area (Å²) in [6.45, 7) is 0.384. The minimum Gasteiger partial charge on any atom is -0.469 e. The molecule has 0 aromatic carbocycles. The lowest BCUT2D eigenvalue weighted by molar-refractivity contribution is -0.140. The maximum atomic E-state index is 11.4. The predicted molar refractivity (Wildman–Crippen MR) is 64.2 cm³/mol. The summed E-state index contributed by atoms with van der Waals surface area (Å²) >= 11 is 0. The van der Waals surface area contributed by atoms with Gasteiger partial charge in [0.15, 0.2) is 0 Å². The lowest BCUT2D eigenvalue weighted by Gasteiger charge is -2.07. The SMILES string of the molecule is COC(=O)CCS(=O)(=O)NCCNC(=O)C1CC1. The Morgan fingerprint density at radius 3 is 2.50 bits per heavy atom. The lowest BCUT2D eigenvalue weighted by atomic mass is 10.4. The van der Waals surface area contributed by atoms with E-state index in [1.165, 1.54) is 7.11 Å². The van der Waals surface area contributed by atoms with Crippen LogP contribution in [0.4, 0.5) is 0 Å². The molecule has 1 saturated carbocycles. The van der Waals surface area contributed by atoms with Crippen molar-refractivity contribution in [1.29, 1.82) is 0 Å². The second kappa shape index (κ2) is 6.69. The first-order valence-corrected chi connectivity index (χ1v) is 7.41. The number of amides is 1. The summed E-state index contributed by atoms with van der Waals surface area (Å²) in [7, 11) is -2.29. The van der Waals surface area contributed by atoms with Crippen LogP contribution in [0, 0.1) is 5.92 Å². The van der Waals surface area contributed by atoms with Crippen LogP contribution in [-0.4, -0.2) is 46.2 Å². The smallest absolute Gasteiger partial charge is 0.306 e. The van der Waals surface area contributed by atoms with E-state index in [0.29, 0.717) is 0 Å². The molecule has 0 bridgehead atoms. The third-order valence-electron chi connectivity index (χ3n) is 2.50. The Morgan fingerprint density at radius 2 is 1.94 bits per heavy atom. The van der Waals surface area contributed by atoms with Gasteiger partial charge in [-0.1, -0.05) is 0 Å². The van der Waals surface area contributed by atoms with Gasteiger partial charge in [0.2, 0.25) is 15.9 Å². The maximum Gasteiger partial charge on any atom is 0.306 e. The second-order valence-corrected chi connectivity index (χ2v) is 6.03. The molecule has 0 aromatic heterocycles. The van der Waals surface area contributed by atoms with Gasteiger partial charge >= 0.3 is 5.97 Å². The number of methoxy groups -OCH3 is 1. The van der Waals surface area contributed by atoms with Crippen molar-refractivity contribution in [3.8, 4) is 0 Å². The number of carbonyl (C=O) groups excluding carboxylic acids is 2. The molecule has 0 unspecified atom stereocenters. The zero-order valence-electron chi connectivity index (χ0n) is 10.3. The Labute approximate surface area is 106 Å². The molecular formula is C10H18N2O5S. The van der Waals surface area contributed by atoms with E-state index in [9.17, 15) is 18.0 Å². The number of sulfonamides is 1. The lowest BCUT2D eigenvalue weighted by Crippen LogP contribution is -2.36. The first kappa shape index (κ1) is 14.9.